The predicted octanol–water partition coefficient (Wildman–Crippen LogP) is 4.34. The average molecular weight is 487 g/mol. The number of piperazine rings is 1. The van der Waals surface area contributed by atoms with E-state index in [9.17, 15) is 9.90 Å². The van der Waals surface area contributed by atoms with Crippen molar-refractivity contribution in [3.8, 4) is 23.0 Å². The number of Topliss-reactive ketones (excluding diaryl/α,β-unsaturated/α-hetero) is 1. The Labute approximate surface area is 211 Å². The topological polar surface area (TPSA) is 71.5 Å². The summed E-state index contributed by atoms with van der Waals surface area (Å²) in [6.45, 7) is 5.08. The van der Waals surface area contributed by atoms with E-state index in [1.54, 1.807) is 44.6 Å². The molecule has 3 aromatic rings. The number of carbonyl (C=O) groups is 1. The van der Waals surface area contributed by atoms with Crippen LogP contribution in [0.15, 0.2) is 66.4 Å². The number of hydrogen-bond acceptors (Lipinski definition) is 7. The summed E-state index contributed by atoms with van der Waals surface area (Å²) < 4.78 is 16.7. The van der Waals surface area contributed by atoms with Gasteiger partial charge in [0.1, 0.15) is 11.5 Å². The number of benzene rings is 3. The molecule has 0 atom stereocenters. The van der Waals surface area contributed by atoms with Gasteiger partial charge in [0, 0.05) is 39.3 Å². The summed E-state index contributed by atoms with van der Waals surface area (Å²) in [5.41, 5.74) is 3.18. The standard InChI is InChI=1S/C29H30N2O5/c1-34-25-11-8-21(16-26(25)35-2)17-27-28(33)22-9-10-24(32)23(29(22)36-27)19-31-14-12-30(13-15-31)18-20-6-4-3-5-7-20/h3-11,16-17,32H,12-15,18-19H2,1-2H3/b27-17-. The molecule has 1 fully saturated rings. The van der Waals surface area contributed by atoms with E-state index in [1.807, 2.05) is 12.1 Å². The fraction of sp³-hybridized carbons (Fsp3) is 0.276. The van der Waals surface area contributed by atoms with E-state index >= 15 is 0 Å². The smallest absolute Gasteiger partial charge is 0.231 e. The van der Waals surface area contributed by atoms with Crippen LogP contribution in [0.25, 0.3) is 6.08 Å². The number of methoxy groups -OCH3 is 2. The van der Waals surface area contributed by atoms with Crippen molar-refractivity contribution < 1.29 is 24.1 Å². The van der Waals surface area contributed by atoms with Gasteiger partial charge in [0.15, 0.2) is 17.3 Å². The van der Waals surface area contributed by atoms with Crippen LogP contribution in [-0.4, -0.2) is 61.1 Å². The summed E-state index contributed by atoms with van der Waals surface area (Å²) in [4.78, 5) is 17.8. The number of nitrogens with zero attached hydrogens (tertiary/aromatic N) is 2. The number of hydrogen-bond donors (Lipinski definition) is 1. The Morgan fingerprint density at radius 1 is 0.889 bits per heavy atom. The molecule has 1 saturated heterocycles. The lowest BCUT2D eigenvalue weighted by Crippen LogP contribution is -2.45. The summed E-state index contributed by atoms with van der Waals surface area (Å²) in [5.74, 6) is 1.78. The van der Waals surface area contributed by atoms with E-state index in [0.29, 0.717) is 34.9 Å². The maximum atomic E-state index is 13.1. The molecule has 186 valence electrons. The van der Waals surface area contributed by atoms with E-state index in [2.05, 4.69) is 34.1 Å². The van der Waals surface area contributed by atoms with Crippen LogP contribution < -0.4 is 14.2 Å². The van der Waals surface area contributed by atoms with Crippen molar-refractivity contribution in [1.29, 1.82) is 0 Å². The second-order valence-corrected chi connectivity index (χ2v) is 9.03. The number of allylic oxidation sites excluding steroid dienone is 1. The molecule has 1 N–H and O–H groups in total. The maximum Gasteiger partial charge on any atom is 0.231 e. The largest absolute Gasteiger partial charge is 0.507 e. The molecule has 36 heavy (non-hydrogen) atoms. The molecule has 7 nitrogen and oxygen atoms in total. The highest BCUT2D eigenvalue weighted by atomic mass is 16.5. The van der Waals surface area contributed by atoms with Crippen molar-refractivity contribution in [1.82, 2.24) is 9.80 Å². The van der Waals surface area contributed by atoms with Gasteiger partial charge in [0.2, 0.25) is 5.78 Å². The molecule has 2 heterocycles. The number of ether oxygens (including phenoxy) is 3. The summed E-state index contributed by atoms with van der Waals surface area (Å²) >= 11 is 0. The first-order chi connectivity index (χ1) is 17.6. The van der Waals surface area contributed by atoms with Crippen molar-refractivity contribution in [3.63, 3.8) is 0 Å². The van der Waals surface area contributed by atoms with Crippen LogP contribution >= 0.6 is 0 Å². The molecule has 0 aliphatic carbocycles. The van der Waals surface area contributed by atoms with Crippen molar-refractivity contribution in [2.75, 3.05) is 40.4 Å². The van der Waals surface area contributed by atoms with Crippen LogP contribution in [0, 0.1) is 0 Å². The van der Waals surface area contributed by atoms with Gasteiger partial charge in [0.05, 0.1) is 25.3 Å². The molecule has 0 saturated carbocycles. The zero-order valence-electron chi connectivity index (χ0n) is 20.6. The van der Waals surface area contributed by atoms with Crippen molar-refractivity contribution in [2.45, 2.75) is 13.1 Å². The highest BCUT2D eigenvalue weighted by Crippen LogP contribution is 2.40. The molecular weight excluding hydrogens is 456 g/mol. The summed E-state index contributed by atoms with van der Waals surface area (Å²) in [7, 11) is 3.14. The zero-order chi connectivity index (χ0) is 25.1. The number of aromatic hydroxyl groups is 1. The van der Waals surface area contributed by atoms with Crippen LogP contribution in [-0.2, 0) is 13.1 Å². The van der Waals surface area contributed by atoms with Gasteiger partial charge in [-0.2, -0.15) is 0 Å². The van der Waals surface area contributed by atoms with E-state index in [0.717, 1.165) is 38.3 Å². The lowest BCUT2D eigenvalue weighted by molar-refractivity contribution is 0.101. The molecule has 0 radical (unpaired) electrons. The van der Waals surface area contributed by atoms with Gasteiger partial charge in [-0.1, -0.05) is 36.4 Å². The molecule has 0 aromatic heterocycles. The van der Waals surface area contributed by atoms with Crippen molar-refractivity contribution in [2.24, 2.45) is 0 Å². The van der Waals surface area contributed by atoms with Gasteiger partial charge in [-0.05, 0) is 41.5 Å². The van der Waals surface area contributed by atoms with Crippen LogP contribution in [0.2, 0.25) is 0 Å². The highest BCUT2D eigenvalue weighted by molar-refractivity contribution is 6.15. The van der Waals surface area contributed by atoms with Crippen LogP contribution in [0.4, 0.5) is 0 Å². The molecular formula is C29H30N2O5. The first-order valence-corrected chi connectivity index (χ1v) is 12.1. The third-order valence-corrected chi connectivity index (χ3v) is 6.72. The normalized spacial score (nSPS) is 17.2. The number of fused-ring (bicyclic) bond motifs is 1. The fourth-order valence-electron chi connectivity index (χ4n) is 4.71. The number of phenolic OH excluding ortho intramolecular Hbond substituents is 1. The SMILES string of the molecule is COc1ccc(/C=C2\Oc3c(ccc(O)c3CN3CCN(Cc4ccccc4)CC3)C2=O)cc1OC. The molecule has 0 bridgehead atoms. The molecule has 5 rings (SSSR count). The van der Waals surface area contributed by atoms with Crippen LogP contribution in [0.1, 0.15) is 27.0 Å². The van der Waals surface area contributed by atoms with Gasteiger partial charge in [-0.15, -0.1) is 0 Å². The van der Waals surface area contributed by atoms with E-state index in [1.165, 1.54) is 5.56 Å². The second kappa shape index (κ2) is 10.4. The Kier molecular flexibility index (Phi) is 6.93. The van der Waals surface area contributed by atoms with Gasteiger partial charge < -0.3 is 19.3 Å². The molecule has 2 aliphatic rings. The molecule has 3 aromatic carbocycles. The first kappa shape index (κ1) is 23.9. The van der Waals surface area contributed by atoms with Crippen molar-refractivity contribution in [3.05, 3.63) is 88.7 Å². The fourth-order valence-corrected chi connectivity index (χ4v) is 4.71. The highest BCUT2D eigenvalue weighted by Gasteiger charge is 2.32. The average Bonchev–Trinajstić information content (AvgIpc) is 3.22. The second-order valence-electron chi connectivity index (χ2n) is 9.03. The molecule has 7 heteroatoms. The van der Waals surface area contributed by atoms with E-state index in [4.69, 9.17) is 14.2 Å². The maximum absolute atomic E-state index is 13.1. The summed E-state index contributed by atoms with van der Waals surface area (Å²) in [6, 6.07) is 19.1. The molecule has 0 spiro atoms. The van der Waals surface area contributed by atoms with Gasteiger partial charge in [0.25, 0.3) is 0 Å². The Morgan fingerprint density at radius 3 is 2.28 bits per heavy atom. The predicted molar refractivity (Wildman–Crippen MR) is 138 cm³/mol. The van der Waals surface area contributed by atoms with E-state index < -0.39 is 0 Å². The van der Waals surface area contributed by atoms with Gasteiger partial charge in [-0.25, -0.2) is 0 Å². The van der Waals surface area contributed by atoms with E-state index in [-0.39, 0.29) is 17.3 Å². The quantitative estimate of drug-likeness (QED) is 0.498. The first-order valence-electron chi connectivity index (χ1n) is 12.1. The van der Waals surface area contributed by atoms with Gasteiger partial charge >= 0.3 is 0 Å². The van der Waals surface area contributed by atoms with Crippen molar-refractivity contribution >= 4 is 11.9 Å². The minimum atomic E-state index is -0.200. The number of carbonyl (C=O) groups excluding carboxylic acids is 1. The Bertz CT molecular complexity index is 1280. The Hall–Kier alpha value is -3.81. The number of rotatable bonds is 7. The van der Waals surface area contributed by atoms with Gasteiger partial charge in [-0.3, -0.25) is 14.6 Å². The van der Waals surface area contributed by atoms with Crippen LogP contribution in [0.5, 0.6) is 23.0 Å². The zero-order valence-corrected chi connectivity index (χ0v) is 20.6. The molecule has 0 amide bonds. The summed E-state index contributed by atoms with van der Waals surface area (Å²) in [5, 5.41) is 10.7. The Morgan fingerprint density at radius 2 is 1.58 bits per heavy atom. The third-order valence-electron chi connectivity index (χ3n) is 6.72. The molecule has 2 aliphatic heterocycles. The lowest BCUT2D eigenvalue weighted by Gasteiger charge is -2.35. The number of ketones is 1. The summed E-state index contributed by atoms with van der Waals surface area (Å²) in [6.07, 6.45) is 1.69. The minimum Gasteiger partial charge on any atom is -0.507 e. The Balaban J connectivity index is 1.30. The number of phenols is 1. The van der Waals surface area contributed by atoms with Crippen LogP contribution in [0.3, 0.4) is 0 Å². The third kappa shape index (κ3) is 4.94. The molecule has 0 unspecified atom stereocenters. The minimum absolute atomic E-state index is 0.139. The lowest BCUT2D eigenvalue weighted by atomic mass is 10.0. The monoisotopic (exact) mass is 486 g/mol.